The molecule has 0 saturated heterocycles. The summed E-state index contributed by atoms with van der Waals surface area (Å²) in [4.78, 5) is 20.7. The molecule has 1 amide bonds. The van der Waals surface area contributed by atoms with Crippen LogP contribution in [0.3, 0.4) is 0 Å². The molecule has 1 aromatic carbocycles. The number of amides is 1. The highest BCUT2D eigenvalue weighted by Crippen LogP contribution is 2.08. The molecule has 2 heterocycles. The maximum atomic E-state index is 12.0. The second-order valence-corrected chi connectivity index (χ2v) is 6.65. The van der Waals surface area contributed by atoms with Crippen molar-refractivity contribution in [3.63, 3.8) is 0 Å². The van der Waals surface area contributed by atoms with Gasteiger partial charge in [0.1, 0.15) is 5.82 Å². The molecular formula is C18H20N4OS. The third-order valence-electron chi connectivity index (χ3n) is 3.68. The predicted octanol–water partition coefficient (Wildman–Crippen LogP) is 2.60. The van der Waals surface area contributed by atoms with E-state index in [1.807, 2.05) is 36.7 Å². The molecule has 0 unspecified atom stereocenters. The molecule has 2 aromatic heterocycles. The van der Waals surface area contributed by atoms with Crippen LogP contribution in [0.1, 0.15) is 22.1 Å². The van der Waals surface area contributed by atoms with Crippen molar-refractivity contribution >= 4 is 17.2 Å². The Balaban J connectivity index is 1.48. The molecule has 0 aliphatic heterocycles. The first kappa shape index (κ1) is 16.4. The zero-order valence-electron chi connectivity index (χ0n) is 13.6. The van der Waals surface area contributed by atoms with Gasteiger partial charge < -0.3 is 9.88 Å². The number of aryl methyl sites for hydroxylation is 1. The summed E-state index contributed by atoms with van der Waals surface area (Å²) >= 11 is 1.57. The van der Waals surface area contributed by atoms with Crippen LogP contribution in [-0.2, 0) is 24.2 Å². The first-order valence-electron chi connectivity index (χ1n) is 7.92. The summed E-state index contributed by atoms with van der Waals surface area (Å²) in [7, 11) is 0. The molecule has 1 N–H and O–H groups in total. The summed E-state index contributed by atoms with van der Waals surface area (Å²) in [5, 5.41) is 5.86. The molecule has 0 saturated carbocycles. The van der Waals surface area contributed by atoms with Gasteiger partial charge in [-0.1, -0.05) is 30.3 Å². The molecular weight excluding hydrogens is 320 g/mol. The minimum atomic E-state index is 0.00136. The number of imidazole rings is 1. The number of hydrogen-bond donors (Lipinski definition) is 1. The minimum Gasteiger partial charge on any atom is -0.355 e. The molecule has 0 radical (unpaired) electrons. The van der Waals surface area contributed by atoms with E-state index in [-0.39, 0.29) is 5.91 Å². The second kappa shape index (κ2) is 7.88. The Hall–Kier alpha value is -2.47. The van der Waals surface area contributed by atoms with Gasteiger partial charge >= 0.3 is 0 Å². The standard InChI is InChI=1S/C18H20N4OS/c1-14-21-16(13-24-14)11-18(23)20-8-7-17-19-9-10-22(17)12-15-5-3-2-4-6-15/h2-6,9-10,13H,7-8,11-12H2,1H3,(H,20,23). The highest BCUT2D eigenvalue weighted by molar-refractivity contribution is 7.09. The highest BCUT2D eigenvalue weighted by Gasteiger charge is 2.08. The number of carbonyl (C=O) groups is 1. The number of rotatable bonds is 7. The molecule has 6 heteroatoms. The van der Waals surface area contributed by atoms with Crippen molar-refractivity contribution in [2.45, 2.75) is 26.3 Å². The molecule has 5 nitrogen and oxygen atoms in total. The fourth-order valence-corrected chi connectivity index (χ4v) is 3.14. The van der Waals surface area contributed by atoms with Crippen molar-refractivity contribution < 1.29 is 4.79 Å². The van der Waals surface area contributed by atoms with Crippen LogP contribution >= 0.6 is 11.3 Å². The van der Waals surface area contributed by atoms with Crippen LogP contribution in [0, 0.1) is 6.92 Å². The molecule has 3 rings (SSSR count). The van der Waals surface area contributed by atoms with Crippen LogP contribution in [0.25, 0.3) is 0 Å². The average Bonchev–Trinajstić information content (AvgIpc) is 3.18. The van der Waals surface area contributed by atoms with E-state index in [0.717, 1.165) is 23.1 Å². The number of thiazole rings is 1. The molecule has 0 aliphatic rings. The van der Waals surface area contributed by atoms with E-state index in [4.69, 9.17) is 0 Å². The summed E-state index contributed by atoms with van der Waals surface area (Å²) in [5.74, 6) is 0.977. The van der Waals surface area contributed by atoms with Crippen molar-refractivity contribution in [1.82, 2.24) is 19.9 Å². The molecule has 0 aliphatic carbocycles. The SMILES string of the molecule is Cc1nc(CC(=O)NCCc2nccn2Cc2ccccc2)cs1. The number of aromatic nitrogens is 3. The predicted molar refractivity (Wildman–Crippen MR) is 95.0 cm³/mol. The van der Waals surface area contributed by atoms with E-state index in [9.17, 15) is 4.79 Å². The van der Waals surface area contributed by atoms with Crippen molar-refractivity contribution in [3.8, 4) is 0 Å². The molecule has 0 fully saturated rings. The molecule has 0 bridgehead atoms. The number of hydrogen-bond acceptors (Lipinski definition) is 4. The van der Waals surface area contributed by atoms with Gasteiger partial charge in [-0.3, -0.25) is 4.79 Å². The van der Waals surface area contributed by atoms with Gasteiger partial charge in [0.05, 0.1) is 17.1 Å². The fourth-order valence-electron chi connectivity index (χ4n) is 2.52. The largest absolute Gasteiger partial charge is 0.355 e. The van der Waals surface area contributed by atoms with Gasteiger partial charge in [0.15, 0.2) is 0 Å². The summed E-state index contributed by atoms with van der Waals surface area (Å²) in [6.07, 6.45) is 4.82. The van der Waals surface area contributed by atoms with Crippen LogP contribution in [0.15, 0.2) is 48.1 Å². The first-order valence-corrected chi connectivity index (χ1v) is 8.80. The Morgan fingerprint density at radius 2 is 2.12 bits per heavy atom. The van der Waals surface area contributed by atoms with E-state index < -0.39 is 0 Å². The van der Waals surface area contributed by atoms with Crippen molar-refractivity contribution in [2.24, 2.45) is 0 Å². The maximum Gasteiger partial charge on any atom is 0.226 e. The lowest BCUT2D eigenvalue weighted by Crippen LogP contribution is -2.28. The summed E-state index contributed by atoms with van der Waals surface area (Å²) in [5.41, 5.74) is 2.07. The Morgan fingerprint density at radius 1 is 1.29 bits per heavy atom. The van der Waals surface area contributed by atoms with Gasteiger partial charge in [-0.15, -0.1) is 11.3 Å². The quantitative estimate of drug-likeness (QED) is 0.719. The molecule has 3 aromatic rings. The summed E-state index contributed by atoms with van der Waals surface area (Å²) < 4.78 is 2.12. The molecule has 24 heavy (non-hydrogen) atoms. The number of nitrogens with zero attached hydrogens (tertiary/aromatic N) is 3. The van der Waals surface area contributed by atoms with E-state index in [1.54, 1.807) is 17.5 Å². The van der Waals surface area contributed by atoms with Crippen LogP contribution in [0.4, 0.5) is 0 Å². The van der Waals surface area contributed by atoms with Crippen LogP contribution in [0.5, 0.6) is 0 Å². The number of carbonyl (C=O) groups excluding carboxylic acids is 1. The minimum absolute atomic E-state index is 0.00136. The lowest BCUT2D eigenvalue weighted by Gasteiger charge is -2.09. The summed E-state index contributed by atoms with van der Waals surface area (Å²) in [6.45, 7) is 3.31. The Kier molecular flexibility index (Phi) is 5.38. The topological polar surface area (TPSA) is 59.8 Å². The van der Waals surface area contributed by atoms with Gasteiger partial charge in [-0.2, -0.15) is 0 Å². The van der Waals surface area contributed by atoms with Gasteiger partial charge in [0.25, 0.3) is 0 Å². The van der Waals surface area contributed by atoms with Crippen molar-refractivity contribution in [2.75, 3.05) is 6.54 Å². The number of benzene rings is 1. The van der Waals surface area contributed by atoms with Gasteiger partial charge in [0, 0.05) is 37.3 Å². The summed E-state index contributed by atoms with van der Waals surface area (Å²) in [6, 6.07) is 10.3. The molecule has 124 valence electrons. The molecule has 0 atom stereocenters. The van der Waals surface area contributed by atoms with Gasteiger partial charge in [0.2, 0.25) is 5.91 Å². The lowest BCUT2D eigenvalue weighted by molar-refractivity contribution is -0.120. The Labute approximate surface area is 145 Å². The fraction of sp³-hybridized carbons (Fsp3) is 0.278. The highest BCUT2D eigenvalue weighted by atomic mass is 32.1. The molecule has 0 spiro atoms. The lowest BCUT2D eigenvalue weighted by atomic mass is 10.2. The van der Waals surface area contributed by atoms with Crippen molar-refractivity contribution in [1.29, 1.82) is 0 Å². The second-order valence-electron chi connectivity index (χ2n) is 5.59. The first-order chi connectivity index (χ1) is 11.7. The van der Waals surface area contributed by atoms with Gasteiger partial charge in [-0.25, -0.2) is 9.97 Å². The normalized spacial score (nSPS) is 10.7. The zero-order chi connectivity index (χ0) is 16.8. The average molecular weight is 340 g/mol. The Bertz CT molecular complexity index is 794. The van der Waals surface area contributed by atoms with Crippen molar-refractivity contribution in [3.05, 3.63) is 70.2 Å². The third-order valence-corrected chi connectivity index (χ3v) is 4.50. The van der Waals surface area contributed by atoms with Gasteiger partial charge in [-0.05, 0) is 12.5 Å². The number of nitrogens with one attached hydrogen (secondary N) is 1. The monoisotopic (exact) mass is 340 g/mol. The van der Waals surface area contributed by atoms with Crippen LogP contribution in [-0.4, -0.2) is 27.0 Å². The smallest absolute Gasteiger partial charge is 0.226 e. The van der Waals surface area contributed by atoms with E-state index >= 15 is 0 Å². The van der Waals surface area contributed by atoms with Crippen LogP contribution in [0.2, 0.25) is 0 Å². The maximum absolute atomic E-state index is 12.0. The Morgan fingerprint density at radius 3 is 2.88 bits per heavy atom. The van der Waals surface area contributed by atoms with E-state index in [0.29, 0.717) is 19.4 Å². The zero-order valence-corrected chi connectivity index (χ0v) is 14.4. The van der Waals surface area contributed by atoms with E-state index in [2.05, 4.69) is 32.0 Å². The third kappa shape index (κ3) is 4.52. The van der Waals surface area contributed by atoms with E-state index in [1.165, 1.54) is 5.56 Å². The van der Waals surface area contributed by atoms with Crippen LogP contribution < -0.4 is 5.32 Å².